The Bertz CT molecular complexity index is 457. The van der Waals surface area contributed by atoms with Gasteiger partial charge in [-0.1, -0.05) is 0 Å². The van der Waals surface area contributed by atoms with Gasteiger partial charge in [0.15, 0.2) is 0 Å². The number of methoxy groups -OCH3 is 1. The average molecular weight is 266 g/mol. The van der Waals surface area contributed by atoms with Gasteiger partial charge in [-0.25, -0.2) is 4.39 Å². The maximum atomic E-state index is 13.6. The lowest BCUT2D eigenvalue weighted by Crippen LogP contribution is -2.32. The summed E-state index contributed by atoms with van der Waals surface area (Å²) >= 11 is 0. The highest BCUT2D eigenvalue weighted by Crippen LogP contribution is 2.26. The first kappa shape index (κ1) is 13.8. The van der Waals surface area contributed by atoms with Crippen molar-refractivity contribution in [2.75, 3.05) is 12.4 Å². The van der Waals surface area contributed by atoms with E-state index in [-0.39, 0.29) is 23.6 Å². The second kappa shape index (κ2) is 6.02. The smallest absolute Gasteiger partial charge is 0.227 e. The number of halogens is 1. The van der Waals surface area contributed by atoms with Crippen LogP contribution in [0.4, 0.5) is 10.1 Å². The van der Waals surface area contributed by atoms with Gasteiger partial charge in [-0.3, -0.25) is 4.79 Å². The summed E-state index contributed by atoms with van der Waals surface area (Å²) in [5.41, 5.74) is 5.97. The maximum Gasteiger partial charge on any atom is 0.227 e. The summed E-state index contributed by atoms with van der Waals surface area (Å²) in [6, 6.07) is 4.48. The van der Waals surface area contributed by atoms with Crippen LogP contribution in [0.1, 0.15) is 25.7 Å². The summed E-state index contributed by atoms with van der Waals surface area (Å²) < 4.78 is 18.6. The summed E-state index contributed by atoms with van der Waals surface area (Å²) in [6.07, 6.45) is 3.22. The van der Waals surface area contributed by atoms with Crippen LogP contribution in [0.25, 0.3) is 0 Å². The van der Waals surface area contributed by atoms with Crippen LogP contribution < -0.4 is 15.8 Å². The van der Waals surface area contributed by atoms with Crippen LogP contribution in [-0.4, -0.2) is 19.1 Å². The number of anilines is 1. The zero-order chi connectivity index (χ0) is 13.8. The molecule has 19 heavy (non-hydrogen) atoms. The Balaban J connectivity index is 2.02. The predicted molar refractivity (Wildman–Crippen MR) is 71.5 cm³/mol. The standard InChI is InChI=1S/C14H19FN2O2/c1-19-11-6-7-12(15)13(8-11)17-14(18)9-2-4-10(16)5-3-9/h6-10H,2-5,16H2,1H3,(H,17,18). The predicted octanol–water partition coefficient (Wildman–Crippen LogP) is 2.29. The van der Waals surface area contributed by atoms with Crippen molar-refractivity contribution in [3.63, 3.8) is 0 Å². The Morgan fingerprint density at radius 3 is 2.68 bits per heavy atom. The molecule has 0 aromatic heterocycles. The fourth-order valence-corrected chi connectivity index (χ4v) is 2.34. The summed E-state index contributed by atoms with van der Waals surface area (Å²) in [5, 5.41) is 2.63. The number of amides is 1. The van der Waals surface area contributed by atoms with Crippen LogP contribution in [-0.2, 0) is 4.79 Å². The second-order valence-corrected chi connectivity index (χ2v) is 4.95. The van der Waals surface area contributed by atoms with Crippen molar-refractivity contribution in [1.82, 2.24) is 0 Å². The van der Waals surface area contributed by atoms with Crippen LogP contribution >= 0.6 is 0 Å². The Hall–Kier alpha value is -1.62. The highest BCUT2D eigenvalue weighted by molar-refractivity contribution is 5.92. The third-order valence-electron chi connectivity index (χ3n) is 3.57. The summed E-state index contributed by atoms with van der Waals surface area (Å²) in [7, 11) is 1.50. The van der Waals surface area contributed by atoms with Gasteiger partial charge in [-0.2, -0.15) is 0 Å². The molecule has 1 amide bonds. The lowest BCUT2D eigenvalue weighted by Gasteiger charge is -2.25. The van der Waals surface area contributed by atoms with Crippen LogP contribution in [0.2, 0.25) is 0 Å². The van der Waals surface area contributed by atoms with Crippen LogP contribution in [0, 0.1) is 11.7 Å². The molecule has 0 bridgehead atoms. The molecule has 1 fully saturated rings. The zero-order valence-corrected chi connectivity index (χ0v) is 11.0. The molecule has 5 heteroatoms. The first-order chi connectivity index (χ1) is 9.10. The number of hydrogen-bond acceptors (Lipinski definition) is 3. The van der Waals surface area contributed by atoms with Crippen LogP contribution in [0.5, 0.6) is 5.75 Å². The fourth-order valence-electron chi connectivity index (χ4n) is 2.34. The molecule has 0 aliphatic heterocycles. The first-order valence-electron chi connectivity index (χ1n) is 6.50. The maximum absolute atomic E-state index is 13.6. The molecule has 0 heterocycles. The van der Waals surface area contributed by atoms with E-state index in [1.54, 1.807) is 0 Å². The Kier molecular flexibility index (Phi) is 4.37. The molecule has 2 rings (SSSR count). The van der Waals surface area contributed by atoms with Gasteiger partial charge in [-0.15, -0.1) is 0 Å². The number of rotatable bonds is 3. The minimum absolute atomic E-state index is 0.0783. The van der Waals surface area contributed by atoms with Gasteiger partial charge in [-0.05, 0) is 37.8 Å². The van der Waals surface area contributed by atoms with E-state index >= 15 is 0 Å². The second-order valence-electron chi connectivity index (χ2n) is 4.95. The molecule has 1 aromatic rings. The molecule has 3 N–H and O–H groups in total. The van der Waals surface area contributed by atoms with E-state index < -0.39 is 5.82 Å². The molecule has 1 saturated carbocycles. The van der Waals surface area contributed by atoms with Gasteiger partial charge in [0.1, 0.15) is 11.6 Å². The van der Waals surface area contributed by atoms with Crippen molar-refractivity contribution >= 4 is 11.6 Å². The third kappa shape index (κ3) is 3.44. The van der Waals surface area contributed by atoms with Crippen molar-refractivity contribution in [2.45, 2.75) is 31.7 Å². The number of nitrogens with two attached hydrogens (primary N) is 1. The largest absolute Gasteiger partial charge is 0.497 e. The molecule has 0 saturated heterocycles. The van der Waals surface area contributed by atoms with Crippen molar-refractivity contribution in [3.8, 4) is 5.75 Å². The zero-order valence-electron chi connectivity index (χ0n) is 11.0. The molecule has 1 aromatic carbocycles. The summed E-state index contributed by atoms with van der Waals surface area (Å²) in [4.78, 5) is 12.1. The van der Waals surface area contributed by atoms with Crippen LogP contribution in [0.3, 0.4) is 0 Å². The number of ether oxygens (including phenoxy) is 1. The topological polar surface area (TPSA) is 64.3 Å². The number of nitrogens with one attached hydrogen (secondary N) is 1. The number of carbonyl (C=O) groups is 1. The average Bonchev–Trinajstić information content (AvgIpc) is 2.42. The molecule has 0 spiro atoms. The fraction of sp³-hybridized carbons (Fsp3) is 0.500. The molecule has 4 nitrogen and oxygen atoms in total. The normalized spacial score (nSPS) is 22.9. The molecule has 0 atom stereocenters. The molecule has 1 aliphatic rings. The summed E-state index contributed by atoms with van der Waals surface area (Å²) in [5.74, 6) is -0.159. The van der Waals surface area contributed by atoms with E-state index in [2.05, 4.69) is 5.32 Å². The highest BCUT2D eigenvalue weighted by atomic mass is 19.1. The van der Waals surface area contributed by atoms with E-state index in [0.717, 1.165) is 25.7 Å². The number of carbonyl (C=O) groups excluding carboxylic acids is 1. The van der Waals surface area contributed by atoms with Gasteiger partial charge < -0.3 is 15.8 Å². The molecule has 104 valence electrons. The molecular weight excluding hydrogens is 247 g/mol. The van der Waals surface area contributed by atoms with Crippen LogP contribution in [0.15, 0.2) is 18.2 Å². The lowest BCUT2D eigenvalue weighted by atomic mass is 9.86. The summed E-state index contributed by atoms with van der Waals surface area (Å²) in [6.45, 7) is 0. The SMILES string of the molecule is COc1ccc(F)c(NC(=O)C2CCC(N)CC2)c1. The van der Waals surface area contributed by atoms with Crippen molar-refractivity contribution < 1.29 is 13.9 Å². The minimum Gasteiger partial charge on any atom is -0.497 e. The van der Waals surface area contributed by atoms with Gasteiger partial charge in [0.25, 0.3) is 0 Å². The number of benzene rings is 1. The first-order valence-corrected chi connectivity index (χ1v) is 6.50. The van der Waals surface area contributed by atoms with E-state index in [1.807, 2.05) is 0 Å². The molecular formula is C14H19FN2O2. The Morgan fingerprint density at radius 1 is 1.37 bits per heavy atom. The third-order valence-corrected chi connectivity index (χ3v) is 3.57. The lowest BCUT2D eigenvalue weighted by molar-refractivity contribution is -0.120. The monoisotopic (exact) mass is 266 g/mol. The van der Waals surface area contributed by atoms with Gasteiger partial charge in [0.05, 0.1) is 12.8 Å². The van der Waals surface area contributed by atoms with Gasteiger partial charge >= 0.3 is 0 Å². The van der Waals surface area contributed by atoms with Crippen molar-refractivity contribution in [3.05, 3.63) is 24.0 Å². The Morgan fingerprint density at radius 2 is 2.05 bits per heavy atom. The van der Waals surface area contributed by atoms with Gasteiger partial charge in [0.2, 0.25) is 5.91 Å². The molecule has 1 aliphatic carbocycles. The van der Waals surface area contributed by atoms with Crippen molar-refractivity contribution in [2.24, 2.45) is 11.7 Å². The van der Waals surface area contributed by atoms with E-state index in [1.165, 1.54) is 25.3 Å². The van der Waals surface area contributed by atoms with Crippen molar-refractivity contribution in [1.29, 1.82) is 0 Å². The molecule has 0 unspecified atom stereocenters. The van der Waals surface area contributed by atoms with Gasteiger partial charge in [0, 0.05) is 18.0 Å². The number of hydrogen-bond donors (Lipinski definition) is 2. The van der Waals surface area contributed by atoms with E-state index in [4.69, 9.17) is 10.5 Å². The Labute approximate surface area is 112 Å². The van der Waals surface area contributed by atoms with E-state index in [0.29, 0.717) is 5.75 Å². The highest BCUT2D eigenvalue weighted by Gasteiger charge is 2.25. The molecule has 0 radical (unpaired) electrons. The van der Waals surface area contributed by atoms with E-state index in [9.17, 15) is 9.18 Å². The quantitative estimate of drug-likeness (QED) is 0.882. The minimum atomic E-state index is -0.457.